The molecule has 3 aromatic carbocycles. The number of rotatable bonds is 8. The van der Waals surface area contributed by atoms with Crippen molar-refractivity contribution in [3.8, 4) is 0 Å². The molecule has 0 spiro atoms. The summed E-state index contributed by atoms with van der Waals surface area (Å²) < 4.78 is 0. The maximum atomic E-state index is 12.9. The number of nitrogens with zero attached hydrogens (tertiary/aromatic N) is 2. The average molecular weight is 575 g/mol. The molecule has 13 heteroatoms. The maximum Gasteiger partial charge on any atom is 0.255 e. The van der Waals surface area contributed by atoms with Gasteiger partial charge in [0.2, 0.25) is 11.8 Å². The summed E-state index contributed by atoms with van der Waals surface area (Å²) in [4.78, 5) is 58.2. The number of benzene rings is 3. The molecule has 0 bridgehead atoms. The van der Waals surface area contributed by atoms with Gasteiger partial charge in [-0.3, -0.25) is 29.2 Å². The molecule has 0 aliphatic carbocycles. The molecule has 41 heavy (non-hydrogen) atoms. The van der Waals surface area contributed by atoms with Crippen LogP contribution in [0.3, 0.4) is 0 Å². The van der Waals surface area contributed by atoms with E-state index in [-0.39, 0.29) is 23.5 Å². The van der Waals surface area contributed by atoms with Gasteiger partial charge in [0, 0.05) is 57.8 Å². The number of primary amides is 2. The van der Waals surface area contributed by atoms with Crippen LogP contribution in [0.2, 0.25) is 0 Å². The summed E-state index contributed by atoms with van der Waals surface area (Å²) in [6, 6.07) is 15.6. The Morgan fingerprint density at radius 3 is 1.32 bits per heavy atom. The van der Waals surface area contributed by atoms with Crippen molar-refractivity contribution in [2.24, 2.45) is 21.5 Å². The average Bonchev–Trinajstić information content (AvgIpc) is 3.68. The summed E-state index contributed by atoms with van der Waals surface area (Å²) in [7, 11) is 0. The van der Waals surface area contributed by atoms with Crippen LogP contribution in [-0.4, -0.2) is 61.5 Å². The summed E-state index contributed by atoms with van der Waals surface area (Å²) in [5.74, 6) is -0.904. The molecular weight excluding hydrogens is 548 g/mol. The fourth-order valence-electron chi connectivity index (χ4n) is 4.32. The number of carbonyl (C=O) groups is 4. The third-order valence-electron chi connectivity index (χ3n) is 6.26. The Hall–Kier alpha value is -5.23. The topological polar surface area (TPSA) is 193 Å². The predicted molar refractivity (Wildman–Crippen MR) is 158 cm³/mol. The van der Waals surface area contributed by atoms with E-state index < -0.39 is 23.6 Å². The highest BCUT2D eigenvalue weighted by Gasteiger charge is 2.17. The monoisotopic (exact) mass is 574 g/mol. The number of amidine groups is 2. The van der Waals surface area contributed by atoms with Crippen LogP contribution in [0.5, 0.6) is 0 Å². The molecule has 0 saturated carbocycles. The van der Waals surface area contributed by atoms with Gasteiger partial charge in [0.25, 0.3) is 11.8 Å². The number of nitrogens with one attached hydrogen (secondary N) is 4. The number of halogens is 1. The van der Waals surface area contributed by atoms with Crippen molar-refractivity contribution in [1.82, 2.24) is 10.6 Å². The van der Waals surface area contributed by atoms with E-state index in [1.807, 2.05) is 0 Å². The Kier molecular flexibility index (Phi) is 8.63. The normalized spacial score (nSPS) is 13.6. The lowest BCUT2D eigenvalue weighted by molar-refractivity contribution is 0.0991. The zero-order valence-corrected chi connectivity index (χ0v) is 22.5. The zero-order valence-electron chi connectivity index (χ0n) is 21.7. The smallest absolute Gasteiger partial charge is 0.255 e. The molecule has 4 amide bonds. The van der Waals surface area contributed by atoms with E-state index in [9.17, 15) is 19.2 Å². The van der Waals surface area contributed by atoms with Crippen molar-refractivity contribution in [2.45, 2.75) is 0 Å². The lowest BCUT2D eigenvalue weighted by Gasteiger charge is -2.12. The van der Waals surface area contributed by atoms with Gasteiger partial charge in [0.1, 0.15) is 11.7 Å². The predicted octanol–water partition coefficient (Wildman–Crippen LogP) is 1.51. The molecule has 2 heterocycles. The minimum absolute atomic E-state index is 0. The quantitative estimate of drug-likeness (QED) is 0.236. The molecule has 5 rings (SSSR count). The number of amides is 4. The van der Waals surface area contributed by atoms with Crippen molar-refractivity contribution >= 4 is 59.1 Å². The van der Waals surface area contributed by atoms with E-state index in [4.69, 9.17) is 11.5 Å². The van der Waals surface area contributed by atoms with Crippen LogP contribution in [0.15, 0.2) is 70.6 Å². The second-order valence-electron chi connectivity index (χ2n) is 9.13. The van der Waals surface area contributed by atoms with Gasteiger partial charge in [-0.05, 0) is 60.7 Å². The highest BCUT2D eigenvalue weighted by molar-refractivity contribution is 6.10. The van der Waals surface area contributed by atoms with Gasteiger partial charge in [-0.25, -0.2) is 0 Å². The summed E-state index contributed by atoms with van der Waals surface area (Å²) in [6.07, 6.45) is 0. The van der Waals surface area contributed by atoms with Crippen LogP contribution in [0.4, 0.5) is 11.4 Å². The largest absolute Gasteiger partial charge is 0.368 e. The first-order valence-electron chi connectivity index (χ1n) is 12.5. The van der Waals surface area contributed by atoms with Gasteiger partial charge < -0.3 is 32.7 Å². The zero-order chi connectivity index (χ0) is 28.2. The summed E-state index contributed by atoms with van der Waals surface area (Å²) >= 11 is 0. The van der Waals surface area contributed by atoms with Crippen LogP contribution >= 0.6 is 12.4 Å². The number of aliphatic imine (C=N–C) groups is 2. The van der Waals surface area contributed by atoms with E-state index >= 15 is 0 Å². The van der Waals surface area contributed by atoms with Crippen molar-refractivity contribution < 1.29 is 19.2 Å². The van der Waals surface area contributed by atoms with Gasteiger partial charge in [0.05, 0.1) is 13.1 Å². The van der Waals surface area contributed by atoms with E-state index in [0.29, 0.717) is 71.5 Å². The minimum Gasteiger partial charge on any atom is -0.368 e. The fourth-order valence-corrected chi connectivity index (χ4v) is 4.32. The van der Waals surface area contributed by atoms with Crippen LogP contribution in [0.1, 0.15) is 52.6 Å². The summed E-state index contributed by atoms with van der Waals surface area (Å²) in [5, 5.41) is 11.8. The molecule has 2 aliphatic heterocycles. The molecule has 0 fully saturated rings. The summed E-state index contributed by atoms with van der Waals surface area (Å²) in [5.41, 5.74) is 14.0. The first-order chi connectivity index (χ1) is 19.3. The first-order valence-corrected chi connectivity index (χ1v) is 12.5. The maximum absolute atomic E-state index is 12.9. The number of anilines is 2. The molecule has 0 aromatic heterocycles. The number of carbonyl (C=O) groups excluding carboxylic acids is 4. The molecular formula is C28H27ClN8O4. The molecule has 0 atom stereocenters. The van der Waals surface area contributed by atoms with E-state index in [1.165, 1.54) is 36.4 Å². The van der Waals surface area contributed by atoms with Gasteiger partial charge in [-0.15, -0.1) is 12.4 Å². The Morgan fingerprint density at radius 2 is 1.00 bits per heavy atom. The molecule has 210 valence electrons. The van der Waals surface area contributed by atoms with Crippen molar-refractivity contribution in [3.05, 3.63) is 94.0 Å². The Bertz CT molecular complexity index is 1480. The second kappa shape index (κ2) is 12.3. The van der Waals surface area contributed by atoms with Crippen molar-refractivity contribution in [2.75, 3.05) is 36.8 Å². The highest BCUT2D eigenvalue weighted by Crippen LogP contribution is 2.20. The molecule has 2 aliphatic rings. The van der Waals surface area contributed by atoms with Crippen LogP contribution < -0.4 is 32.7 Å². The number of nitrogens with two attached hydrogens (primary N) is 2. The van der Waals surface area contributed by atoms with E-state index in [0.717, 1.165) is 0 Å². The Labute approximate surface area is 241 Å². The third-order valence-corrected chi connectivity index (χ3v) is 6.26. The Balaban J connectivity index is 0.00000387. The molecule has 0 radical (unpaired) electrons. The van der Waals surface area contributed by atoms with Crippen LogP contribution in [0.25, 0.3) is 0 Å². The van der Waals surface area contributed by atoms with Gasteiger partial charge in [0.15, 0.2) is 0 Å². The third kappa shape index (κ3) is 6.68. The standard InChI is InChI=1S/C28H26N8O4.ClH/c29-23(37)17-9-19(25-31-5-6-32-25)13-21(11-17)35-27(39)15-1-2-16(4-3-15)28(40)36-22-12-18(24(30)38)10-20(14-22)26-33-7-8-34-26;/h1-4,9-14H,5-8H2,(H2,29,37)(H2,30,38)(H,31,32)(H,33,34)(H,35,39)(H,36,40);1H. The molecule has 0 unspecified atom stereocenters. The van der Waals surface area contributed by atoms with Crippen LogP contribution in [-0.2, 0) is 0 Å². The Morgan fingerprint density at radius 1 is 0.610 bits per heavy atom. The lowest BCUT2D eigenvalue weighted by Crippen LogP contribution is -2.22. The molecule has 12 nitrogen and oxygen atoms in total. The molecule has 0 saturated heterocycles. The van der Waals surface area contributed by atoms with E-state index in [2.05, 4.69) is 31.3 Å². The molecule has 3 aromatic rings. The fraction of sp³-hybridized carbons (Fsp3) is 0.143. The highest BCUT2D eigenvalue weighted by atomic mass is 35.5. The van der Waals surface area contributed by atoms with E-state index in [1.54, 1.807) is 24.3 Å². The first kappa shape index (κ1) is 28.8. The minimum atomic E-state index is -0.632. The lowest BCUT2D eigenvalue weighted by atomic mass is 10.1. The molecule has 8 N–H and O–H groups in total. The van der Waals surface area contributed by atoms with Gasteiger partial charge in [-0.1, -0.05) is 0 Å². The number of hydrogen-bond acceptors (Lipinski definition) is 8. The van der Waals surface area contributed by atoms with Crippen molar-refractivity contribution in [1.29, 1.82) is 0 Å². The number of hydrogen-bond donors (Lipinski definition) is 6. The van der Waals surface area contributed by atoms with Gasteiger partial charge >= 0.3 is 0 Å². The van der Waals surface area contributed by atoms with Crippen molar-refractivity contribution in [3.63, 3.8) is 0 Å². The SMILES string of the molecule is Cl.NC(=O)c1cc(NC(=O)c2ccc(C(=O)Nc3cc(C(N)=O)cc(C4=NCCN4)c3)cc2)cc(C2=NCCN2)c1. The van der Waals surface area contributed by atoms with Crippen LogP contribution in [0, 0.1) is 0 Å². The summed E-state index contributed by atoms with van der Waals surface area (Å²) in [6.45, 7) is 2.59. The second-order valence-corrected chi connectivity index (χ2v) is 9.13. The van der Waals surface area contributed by atoms with Gasteiger partial charge in [-0.2, -0.15) is 0 Å².